The van der Waals surface area contributed by atoms with E-state index in [1.807, 2.05) is 0 Å². The number of carbonyl (C=O) groups excluding carboxylic acids is 5. The number of allylic oxidation sites excluding steroid dienone is 1. The van der Waals surface area contributed by atoms with Crippen molar-refractivity contribution in [3.8, 4) is 23.0 Å². The van der Waals surface area contributed by atoms with E-state index in [1.54, 1.807) is 125 Å². The number of aliphatic imine (C=N–C) groups is 3. The fraction of sp³-hybridized carbons (Fsp3) is 0.427. The smallest absolute Gasteiger partial charge is 0.870 e. The van der Waals surface area contributed by atoms with Gasteiger partial charge in [-0.15, -0.1) is 0 Å². The van der Waals surface area contributed by atoms with Crippen molar-refractivity contribution < 1.29 is 218 Å². The number of nitrogens with two attached hydrogens (primary N) is 3. The molecule has 30 nitrogen and oxygen atoms in total. The zero-order valence-electron chi connectivity index (χ0n) is 76.5. The molecule has 0 fully saturated rings. The number of halogens is 25. The largest absolute Gasteiger partial charge is 1.00 e. The number of alkyl halides is 25. The van der Waals surface area contributed by atoms with Gasteiger partial charge >= 0.3 is 103 Å². The van der Waals surface area contributed by atoms with Crippen LogP contribution in [0.2, 0.25) is 0 Å². The van der Waals surface area contributed by atoms with Crippen molar-refractivity contribution in [2.75, 3.05) is 82.1 Å². The Morgan fingerprint density at radius 1 is 0.434 bits per heavy atom. The van der Waals surface area contributed by atoms with E-state index in [-0.39, 0.29) is 174 Å². The van der Waals surface area contributed by atoms with E-state index in [9.17, 15) is 134 Å². The van der Waals surface area contributed by atoms with Gasteiger partial charge in [0.1, 0.15) is 51.1 Å². The summed E-state index contributed by atoms with van der Waals surface area (Å²) in [4.78, 5) is 74.6. The summed E-state index contributed by atoms with van der Waals surface area (Å²) in [6, 6.07) is 27.2. The van der Waals surface area contributed by atoms with Crippen LogP contribution in [-0.4, -0.2) is 220 Å². The van der Waals surface area contributed by atoms with Crippen molar-refractivity contribution in [1.29, 1.82) is 0 Å². The van der Waals surface area contributed by atoms with E-state index >= 15 is 0 Å². The summed E-state index contributed by atoms with van der Waals surface area (Å²) < 4.78 is 349. The van der Waals surface area contributed by atoms with Crippen molar-refractivity contribution in [2.45, 2.75) is 172 Å². The van der Waals surface area contributed by atoms with Gasteiger partial charge in [0.05, 0.1) is 107 Å². The topological polar surface area (TPSA) is 424 Å². The molecule has 1 amide bonds. The molecule has 145 heavy (non-hydrogen) atoms. The summed E-state index contributed by atoms with van der Waals surface area (Å²) in [5.74, 6) is -2.77. The molecule has 56 heteroatoms. The number of primary amides is 1. The predicted octanol–water partition coefficient (Wildman–Crippen LogP) is 16.6. The molecule has 11 rings (SSSR count). The van der Waals surface area contributed by atoms with Gasteiger partial charge in [-0.2, -0.15) is 126 Å². The van der Waals surface area contributed by atoms with Gasteiger partial charge in [-0.3, -0.25) is 52.5 Å². The number of carbonyl (C=O) groups is 6. The molecule has 4 aromatic heterocycles. The maximum Gasteiger partial charge on any atom is 1.00 e. The van der Waals surface area contributed by atoms with Gasteiger partial charge in [0.2, 0.25) is 6.29 Å². The molecule has 0 saturated carbocycles. The number of aromatic nitrogens is 8. The van der Waals surface area contributed by atoms with Crippen LogP contribution in [0, 0.1) is 0 Å². The molecule has 8 aromatic rings. The third-order valence-electron chi connectivity index (χ3n) is 16.7. The van der Waals surface area contributed by atoms with Gasteiger partial charge in [-0.25, -0.2) is 14.4 Å². The Bertz CT molecular complexity index is 5340. The Morgan fingerprint density at radius 3 is 0.979 bits per heavy atom. The molecule has 0 aliphatic carbocycles. The van der Waals surface area contributed by atoms with E-state index in [0.29, 0.717) is 34.1 Å². The molecule has 3 aliphatic heterocycles. The zero-order valence-corrected chi connectivity index (χ0v) is 77.5. The molecule has 7 heterocycles. The van der Waals surface area contributed by atoms with Crippen LogP contribution < -0.4 is 65.7 Å². The van der Waals surface area contributed by atoms with Crippen LogP contribution in [0.1, 0.15) is 168 Å². The number of carboxylic acid groups (broad SMARTS) is 1. The van der Waals surface area contributed by atoms with E-state index < -0.39 is 160 Å². The molecular weight excluding hydrogens is 2020 g/mol. The normalized spacial score (nSPS) is 12.3. The average Bonchev–Trinajstić information content (AvgIpc) is 1.66. The number of ether oxygens (including phenoxy) is 7. The van der Waals surface area contributed by atoms with Crippen LogP contribution in [0.4, 0.5) is 110 Å². The van der Waals surface area contributed by atoms with E-state index in [4.69, 9.17) is 57.3 Å². The van der Waals surface area contributed by atoms with Crippen LogP contribution in [0.15, 0.2) is 172 Å². The number of methoxy groups -OCH3 is 4. The first-order valence-electron chi connectivity index (χ1n) is 39.6. The second-order valence-corrected chi connectivity index (χ2v) is 27.8. The number of aliphatic hydroxyl groups excluding tert-OH is 1. The molecule has 0 bridgehead atoms. The minimum atomic E-state index is -4.81. The van der Waals surface area contributed by atoms with Crippen LogP contribution in [0.5, 0.6) is 23.0 Å². The Morgan fingerprint density at radius 2 is 0.717 bits per heavy atom. The number of rotatable bonds is 23. The molecule has 810 valence electrons. The number of amides is 1. The number of carboxylic acids is 1. The third-order valence-corrected chi connectivity index (χ3v) is 16.7. The number of benzene rings is 4. The molecule has 0 saturated heterocycles. The van der Waals surface area contributed by atoms with Gasteiger partial charge in [0.25, 0.3) is 5.91 Å². The Labute approximate surface area is 840 Å². The summed E-state index contributed by atoms with van der Waals surface area (Å²) in [7, 11) is 6.07. The number of aliphatic hydroxyl groups is 1. The SMILES string of the molecule is C.C.C.C.C.CC(C)(C)OC(=O)CCC1=CCN=C1C(F)(F)F.CCOC(=O)C1=CCN=C1C(F)(F)F.CCOC(=O)c1cn(Cc2ccc(OC)cc2)nc1C(F)(F)F.CO.COc1ccc(Cn2cc(C(=O)O)c(C(F)(F)F)n2)cc1.COc1ccc(Cn2cc(C(N)=O)c(C(F)(F)F)n2)cc1.COc1ccc(Cn2cc(CN)c(C(F)(F)F)n2)cc1.NCC1=CCN=C1C(F)(F)F.O=CC(F)(F)F.[2H]CF.[Na+].[OH-]. The predicted molar refractivity (Wildman–Crippen MR) is 480 cm³/mol. The van der Waals surface area contributed by atoms with E-state index in [0.717, 1.165) is 56.9 Å². The van der Waals surface area contributed by atoms with E-state index in [2.05, 4.69) is 44.8 Å². The number of aromatic carboxylic acids is 1. The van der Waals surface area contributed by atoms with Gasteiger partial charge < -0.3 is 66.0 Å². The monoisotopic (exact) mass is 2130 g/mol. The summed E-state index contributed by atoms with van der Waals surface area (Å²) in [5, 5.41) is 29.6. The first-order valence-corrected chi connectivity index (χ1v) is 38.9. The van der Waals surface area contributed by atoms with Crippen LogP contribution in [0.25, 0.3) is 0 Å². The van der Waals surface area contributed by atoms with Crippen LogP contribution >= 0.6 is 0 Å². The summed E-state index contributed by atoms with van der Waals surface area (Å²) >= 11 is 0. The van der Waals surface area contributed by atoms with Crippen LogP contribution in [0.3, 0.4) is 0 Å². The minimum Gasteiger partial charge on any atom is -0.870 e. The Balaban J connectivity index is -0.000000385. The number of hydrogen-bond donors (Lipinski definition) is 5. The fourth-order valence-corrected chi connectivity index (χ4v) is 10.9. The summed E-state index contributed by atoms with van der Waals surface area (Å²) in [6.45, 7) is 8.36. The Kier molecular flexibility index (Phi) is 63.0. The number of hydrogen-bond acceptors (Lipinski definition) is 24. The Hall–Kier alpha value is -12.7. The van der Waals surface area contributed by atoms with Crippen molar-refractivity contribution in [3.05, 3.63) is 224 Å². The molecule has 9 N–H and O–H groups in total. The van der Waals surface area contributed by atoms with E-state index in [1.165, 1.54) is 58.2 Å². The van der Waals surface area contributed by atoms with Crippen molar-refractivity contribution in [2.24, 2.45) is 32.2 Å². The molecule has 4 aromatic carbocycles. The summed E-state index contributed by atoms with van der Waals surface area (Å²) in [5.41, 5.74) is 7.55. The number of esters is 3. The molecule has 0 spiro atoms. The first kappa shape index (κ1) is 141. The molecular formula is C89H112F25N14NaO16. The van der Waals surface area contributed by atoms with Crippen molar-refractivity contribution in [1.82, 2.24) is 39.1 Å². The maximum atomic E-state index is 13.0. The molecule has 0 unspecified atom stereocenters. The van der Waals surface area contributed by atoms with Crippen molar-refractivity contribution >= 4 is 53.2 Å². The number of aldehydes is 1. The second kappa shape index (κ2) is 64.9. The first-order chi connectivity index (χ1) is 64.5. The van der Waals surface area contributed by atoms with Gasteiger partial charge in [0.15, 0.2) is 28.5 Å². The standard InChI is InChI=1S/C15H15F3N2O3.C13H12F3N3O2.C13H14F3N3O.C13H11F3N2O3.C12H16F3NO2.C8H8F3NO2.C6H7F3N2.C2HF3O.CH3F.CH4O.5CH4.Na.H2O/c1-3-23-14(21)12-9-20(19-13(12)15(16,17)18)8-10-4-6-11(22-2)7-5-10;1-21-9-4-2-8(3-5-9)6-19-7-10(12(17)20)11(18-19)13(14,15)16;1-20-11-4-2-9(3-5-11)7-19-8-10(6-17)12(18-19)13(14,15)16;1-21-9-4-2-8(3-5-9)6-18-7-10(12(19)20)11(17-18)13(14,15)16;1-11(2,3)18-9(17)5-4-8-6-7-16-10(8)12(13,14)15;1-2-14-7(13)5-3-4-12-6(5)8(9,10)11;7-6(8,9)5-4(3-10)1-2-11-5;3-2(4,5)1-6;2*1-2;;;;;;;/h4-7,9H,3,8H2,1-2H3;2-5,7H,6H2,1H3,(H2,17,20);2-5,8H,6-7,17H2,1H3;2-5,7H,6H2,1H3,(H,19,20);6H,4-5,7H2,1-3H3;3H,2,4H2,1H3;1H,2-3,10H2;1H;1H3;2H,1H3;5*1H4;;1H2/q;;;;;;;;;;;;;;;+1;/p-1/i;;;;;;;;1D;;;;;;;;. The average molecular weight is 2130 g/mol. The van der Waals surface area contributed by atoms with Gasteiger partial charge in [-0.1, -0.05) is 97.8 Å². The summed E-state index contributed by atoms with van der Waals surface area (Å²) in [6.07, 6.45) is -29.8. The minimum absolute atomic E-state index is 0. The molecule has 3 aliphatic rings. The number of nitrogens with zero attached hydrogens (tertiary/aromatic N) is 11. The molecule has 0 radical (unpaired) electrons. The quantitative estimate of drug-likeness (QED) is 0.0130. The van der Waals surface area contributed by atoms with Crippen molar-refractivity contribution in [3.63, 3.8) is 0 Å². The van der Waals surface area contributed by atoms with Crippen LogP contribution in [-0.2, 0) is 86.0 Å². The zero-order chi connectivity index (χ0) is 106. The second-order valence-electron chi connectivity index (χ2n) is 27.8. The maximum absolute atomic E-state index is 13.0. The van der Waals surface area contributed by atoms with Gasteiger partial charge in [0, 0.05) is 57.0 Å². The van der Waals surface area contributed by atoms with Gasteiger partial charge in [-0.05, 0) is 129 Å². The molecule has 0 atom stereocenters. The third kappa shape index (κ3) is 49.6. The fourth-order valence-electron chi connectivity index (χ4n) is 10.9.